The number of hydrogen-bond donors (Lipinski definition) is 0. The number of para-hydroxylation sites is 1. The molecule has 0 N–H and O–H groups in total. The molecule has 0 atom stereocenters. The maximum Gasteiger partial charge on any atom is 0.137 e. The lowest BCUT2D eigenvalue weighted by atomic mass is 9.44. The highest BCUT2D eigenvalue weighted by Crippen LogP contribution is 2.66. The van der Waals surface area contributed by atoms with Crippen LogP contribution in [0.1, 0.15) is 44.5 Å². The molecule has 0 unspecified atom stereocenters. The molecule has 0 radical (unpaired) electrons. The van der Waals surface area contributed by atoms with Gasteiger partial charge in [0.25, 0.3) is 0 Å². The minimum absolute atomic E-state index is 0.533. The Morgan fingerprint density at radius 1 is 0.305 bits per heavy atom. The van der Waals surface area contributed by atoms with Crippen molar-refractivity contribution in [2.75, 3.05) is 4.90 Å². The van der Waals surface area contributed by atoms with Gasteiger partial charge in [-0.2, -0.15) is 0 Å². The number of nitrogens with zero attached hydrogens (tertiary/aromatic N) is 2. The van der Waals surface area contributed by atoms with E-state index in [-0.39, 0.29) is 0 Å². The Morgan fingerprint density at radius 2 is 0.797 bits per heavy atom. The van der Waals surface area contributed by atoms with Crippen LogP contribution in [0.2, 0.25) is 0 Å². The van der Waals surface area contributed by atoms with E-state index in [2.05, 4.69) is 217 Å². The van der Waals surface area contributed by atoms with Gasteiger partial charge in [-0.1, -0.05) is 170 Å². The van der Waals surface area contributed by atoms with Crippen LogP contribution >= 0.6 is 0 Å². The Morgan fingerprint density at radius 3 is 1.39 bits per heavy atom. The van der Waals surface area contributed by atoms with E-state index in [1.807, 2.05) is 18.3 Å². The number of benzene rings is 9. The maximum atomic E-state index is 4.81. The summed E-state index contributed by atoms with van der Waals surface area (Å²) in [6.45, 7) is 0. The molecule has 1 aromatic heterocycles. The molecule has 0 fully saturated rings. The van der Waals surface area contributed by atoms with Crippen LogP contribution in [-0.2, 0) is 10.8 Å². The molecular formula is C57H38N2. The van der Waals surface area contributed by atoms with Gasteiger partial charge in [-0.25, -0.2) is 4.98 Å². The Bertz CT molecular complexity index is 3150. The fraction of sp³-hybridized carbons (Fsp3) is 0.0351. The van der Waals surface area contributed by atoms with Crippen molar-refractivity contribution in [2.45, 2.75) is 10.8 Å². The third kappa shape index (κ3) is 4.78. The summed E-state index contributed by atoms with van der Waals surface area (Å²) in [5, 5.41) is 4.98. The first-order chi connectivity index (χ1) is 29.2. The number of hydrogen-bond acceptors (Lipinski definition) is 2. The van der Waals surface area contributed by atoms with Gasteiger partial charge in [0.1, 0.15) is 5.82 Å². The second-order valence-corrected chi connectivity index (χ2v) is 15.9. The monoisotopic (exact) mass is 750 g/mol. The van der Waals surface area contributed by atoms with E-state index in [0.29, 0.717) is 0 Å². The summed E-state index contributed by atoms with van der Waals surface area (Å²) in [6, 6.07) is 83.1. The minimum atomic E-state index is -0.567. The normalized spacial score (nSPS) is 17.3. The largest absolute Gasteiger partial charge is 0.295 e. The topological polar surface area (TPSA) is 16.1 Å². The summed E-state index contributed by atoms with van der Waals surface area (Å²) in [7, 11) is 0. The van der Waals surface area contributed by atoms with E-state index >= 15 is 0 Å². The predicted octanol–water partition coefficient (Wildman–Crippen LogP) is 13.9. The van der Waals surface area contributed by atoms with Crippen LogP contribution in [-0.4, -0.2) is 4.98 Å². The fourth-order valence-electron chi connectivity index (χ4n) is 10.6. The molecule has 0 aliphatic heterocycles. The van der Waals surface area contributed by atoms with Crippen molar-refractivity contribution in [2.24, 2.45) is 0 Å². The molecule has 0 saturated heterocycles. The molecule has 3 aliphatic carbocycles. The maximum absolute atomic E-state index is 4.81. The average molecular weight is 751 g/mol. The summed E-state index contributed by atoms with van der Waals surface area (Å²) in [6.07, 6.45) is 1.86. The SMILES string of the molecule is c1ccc(N(c2cccc(-c3ccc4c(c3)C3(c5ccc6ccccc6c5)c5ccccc5C4(c4ccc5ccccc5c4)c4ccccc43)c2)c2ccccn2)cc1. The highest BCUT2D eigenvalue weighted by Gasteiger charge is 2.60. The standard InChI is InChI=1S/C57H38N2/c1-2-20-47(21-3-1)59(55-27-12-13-34-58-55)48-22-14-19-43(37-48)44-30-33-53-54(38-44)57(46-32-29-40-16-5-7-18-42(40)36-46)51-25-10-8-23-49(51)56(53,50-24-9-11-26-52(50)57)45-31-28-39-15-4-6-17-41(39)35-45/h1-38H. The molecule has 3 aliphatic rings. The predicted molar refractivity (Wildman–Crippen MR) is 243 cm³/mol. The molecule has 10 aromatic rings. The molecule has 2 nitrogen and oxygen atoms in total. The fourth-order valence-corrected chi connectivity index (χ4v) is 10.6. The van der Waals surface area contributed by atoms with Gasteiger partial charge >= 0.3 is 0 Å². The second-order valence-electron chi connectivity index (χ2n) is 15.9. The number of anilines is 3. The van der Waals surface area contributed by atoms with E-state index in [9.17, 15) is 0 Å². The van der Waals surface area contributed by atoms with E-state index in [0.717, 1.165) is 22.8 Å². The third-order valence-corrected chi connectivity index (χ3v) is 13.0. The molecule has 1 heterocycles. The molecule has 9 aromatic carbocycles. The average Bonchev–Trinajstić information content (AvgIpc) is 3.32. The summed E-state index contributed by atoms with van der Waals surface area (Å²) in [4.78, 5) is 7.04. The van der Waals surface area contributed by atoms with Crippen LogP contribution in [0, 0.1) is 0 Å². The first kappa shape index (κ1) is 33.6. The lowest BCUT2D eigenvalue weighted by molar-refractivity contribution is 0.558. The Labute approximate surface area is 344 Å². The van der Waals surface area contributed by atoms with E-state index in [4.69, 9.17) is 4.98 Å². The lowest BCUT2D eigenvalue weighted by Crippen LogP contribution is -2.51. The summed E-state index contributed by atoms with van der Waals surface area (Å²) in [5.74, 6) is 0.874. The number of aromatic nitrogens is 1. The summed E-state index contributed by atoms with van der Waals surface area (Å²) in [5.41, 5.74) is 13.9. The molecule has 276 valence electrons. The zero-order valence-electron chi connectivity index (χ0n) is 32.3. The quantitative estimate of drug-likeness (QED) is 0.168. The van der Waals surface area contributed by atoms with Gasteiger partial charge in [0.15, 0.2) is 0 Å². The smallest absolute Gasteiger partial charge is 0.137 e. The van der Waals surface area contributed by atoms with Crippen LogP contribution in [0.25, 0.3) is 32.7 Å². The minimum Gasteiger partial charge on any atom is -0.295 e. The lowest BCUT2D eigenvalue weighted by Gasteiger charge is -2.57. The molecule has 59 heavy (non-hydrogen) atoms. The van der Waals surface area contributed by atoms with E-state index < -0.39 is 10.8 Å². The van der Waals surface area contributed by atoms with Gasteiger partial charge in [0.2, 0.25) is 0 Å². The van der Waals surface area contributed by atoms with Crippen LogP contribution in [0.5, 0.6) is 0 Å². The number of pyridine rings is 1. The van der Waals surface area contributed by atoms with E-state index in [1.54, 1.807) is 0 Å². The molecule has 0 saturated carbocycles. The molecule has 2 heteroatoms. The van der Waals surface area contributed by atoms with Gasteiger partial charge in [0.05, 0.1) is 10.8 Å². The van der Waals surface area contributed by atoms with Gasteiger partial charge in [-0.05, 0) is 132 Å². The van der Waals surface area contributed by atoms with Crippen molar-refractivity contribution < 1.29 is 0 Å². The van der Waals surface area contributed by atoms with E-state index in [1.165, 1.54) is 71.6 Å². The van der Waals surface area contributed by atoms with Gasteiger partial charge < -0.3 is 0 Å². The van der Waals surface area contributed by atoms with Crippen LogP contribution < -0.4 is 4.90 Å². The van der Waals surface area contributed by atoms with Crippen molar-refractivity contribution >= 4 is 38.7 Å². The third-order valence-electron chi connectivity index (χ3n) is 13.0. The van der Waals surface area contributed by atoms with Gasteiger partial charge in [0, 0.05) is 17.6 Å². The first-order valence-corrected chi connectivity index (χ1v) is 20.4. The molecule has 0 amide bonds. The highest BCUT2D eigenvalue weighted by molar-refractivity contribution is 5.90. The molecule has 2 bridgehead atoms. The van der Waals surface area contributed by atoms with Crippen molar-refractivity contribution in [3.8, 4) is 11.1 Å². The Hall–Kier alpha value is -7.55. The molecule has 0 spiro atoms. The zero-order chi connectivity index (χ0) is 39.0. The van der Waals surface area contributed by atoms with Crippen molar-refractivity contribution in [1.29, 1.82) is 0 Å². The molecule has 13 rings (SSSR count). The number of fused-ring (bicyclic) bond motifs is 2. The van der Waals surface area contributed by atoms with Crippen molar-refractivity contribution in [1.82, 2.24) is 4.98 Å². The van der Waals surface area contributed by atoms with Crippen molar-refractivity contribution in [3.05, 3.63) is 275 Å². The second kappa shape index (κ2) is 13.0. The Balaban J connectivity index is 1.16. The van der Waals surface area contributed by atoms with Gasteiger partial charge in [-0.3, -0.25) is 4.90 Å². The summed E-state index contributed by atoms with van der Waals surface area (Å²) >= 11 is 0. The zero-order valence-corrected chi connectivity index (χ0v) is 32.3. The van der Waals surface area contributed by atoms with Crippen LogP contribution in [0.15, 0.2) is 231 Å². The summed E-state index contributed by atoms with van der Waals surface area (Å²) < 4.78 is 0. The van der Waals surface area contributed by atoms with Crippen LogP contribution in [0.3, 0.4) is 0 Å². The van der Waals surface area contributed by atoms with Crippen molar-refractivity contribution in [3.63, 3.8) is 0 Å². The first-order valence-electron chi connectivity index (χ1n) is 20.4. The Kier molecular flexibility index (Phi) is 7.39. The number of rotatable bonds is 6. The molecular weight excluding hydrogens is 713 g/mol. The van der Waals surface area contributed by atoms with Crippen LogP contribution in [0.4, 0.5) is 17.2 Å². The highest BCUT2D eigenvalue weighted by atomic mass is 15.2. The van der Waals surface area contributed by atoms with Gasteiger partial charge in [-0.15, -0.1) is 0 Å².